The second-order valence-electron chi connectivity index (χ2n) is 9.38. The Kier molecular flexibility index (Phi) is 9.08. The van der Waals surface area contributed by atoms with Gasteiger partial charge in [0, 0.05) is 6.54 Å². The predicted molar refractivity (Wildman–Crippen MR) is 132 cm³/mol. The number of ether oxygens (including phenoxy) is 1. The highest BCUT2D eigenvalue weighted by molar-refractivity contribution is 6.74. The largest absolute Gasteiger partial charge is 0.445 e. The maximum absolute atomic E-state index is 12.0. The first-order valence-electron chi connectivity index (χ1n) is 11.0. The molecule has 0 aliphatic rings. The third-order valence-corrected chi connectivity index (χ3v) is 10.3. The van der Waals surface area contributed by atoms with Gasteiger partial charge in [-0.3, -0.25) is 0 Å². The van der Waals surface area contributed by atoms with Crippen LogP contribution in [0.5, 0.6) is 0 Å². The Balaban J connectivity index is 1.86. The molecule has 0 radical (unpaired) electrons. The van der Waals surface area contributed by atoms with Crippen LogP contribution in [0.2, 0.25) is 18.1 Å². The number of rotatable bonds is 9. The number of hydrogen-bond acceptors (Lipinski definition) is 3. The average Bonchev–Trinajstić information content (AvgIpc) is 2.71. The van der Waals surface area contributed by atoms with E-state index in [4.69, 9.17) is 9.16 Å². The van der Waals surface area contributed by atoms with Crippen molar-refractivity contribution < 1.29 is 14.0 Å². The summed E-state index contributed by atoms with van der Waals surface area (Å²) in [6, 6.07) is 17.9. The standard InChI is InChI=1S/C26H37NO3Si/c1-21(30-31(5,6)26(2,3)4)16-17-23-14-10-11-15-24(23)18-19-27-25(28)29-20-22-12-8-7-9-13-22/h7-17,21H,18-20H2,1-6H3,(H,27,28)/b17-16+/t21-/m0/s1. The summed E-state index contributed by atoms with van der Waals surface area (Å²) in [6.07, 6.45) is 4.65. The SMILES string of the molecule is C[C@@H](/C=C/c1ccccc1CCNC(=O)OCc1ccccc1)O[Si](C)(C)C(C)(C)C. The topological polar surface area (TPSA) is 47.6 Å². The van der Waals surface area contributed by atoms with E-state index in [0.717, 1.165) is 17.5 Å². The van der Waals surface area contributed by atoms with E-state index in [1.54, 1.807) is 0 Å². The van der Waals surface area contributed by atoms with E-state index >= 15 is 0 Å². The normalized spacial score (nSPS) is 13.2. The van der Waals surface area contributed by atoms with E-state index in [9.17, 15) is 4.79 Å². The first kappa shape index (κ1) is 24.9. The summed E-state index contributed by atoms with van der Waals surface area (Å²) in [6.45, 7) is 14.2. The molecular formula is C26H37NO3Si. The van der Waals surface area contributed by atoms with E-state index in [-0.39, 0.29) is 17.7 Å². The molecule has 1 N–H and O–H groups in total. The number of alkyl carbamates (subject to hydrolysis) is 1. The van der Waals surface area contributed by atoms with Gasteiger partial charge in [0.05, 0.1) is 6.10 Å². The van der Waals surface area contributed by atoms with Crippen molar-refractivity contribution in [1.82, 2.24) is 5.32 Å². The molecule has 0 saturated carbocycles. The smallest absolute Gasteiger partial charge is 0.407 e. The Morgan fingerprint density at radius 2 is 1.71 bits per heavy atom. The van der Waals surface area contributed by atoms with Crippen molar-refractivity contribution in [3.05, 3.63) is 77.4 Å². The van der Waals surface area contributed by atoms with Crippen LogP contribution in [-0.4, -0.2) is 27.1 Å². The molecule has 2 rings (SSSR count). The van der Waals surface area contributed by atoms with Crippen LogP contribution in [0.25, 0.3) is 6.08 Å². The average molecular weight is 440 g/mol. The number of benzene rings is 2. The minimum absolute atomic E-state index is 0.0556. The van der Waals surface area contributed by atoms with Crippen molar-refractivity contribution in [3.8, 4) is 0 Å². The molecule has 0 bridgehead atoms. The minimum atomic E-state index is -1.80. The van der Waals surface area contributed by atoms with Crippen LogP contribution in [0, 0.1) is 0 Å². The molecule has 0 unspecified atom stereocenters. The van der Waals surface area contributed by atoms with Gasteiger partial charge in [0.1, 0.15) is 6.61 Å². The lowest BCUT2D eigenvalue weighted by molar-refractivity contribution is 0.140. The van der Waals surface area contributed by atoms with Gasteiger partial charge in [0.15, 0.2) is 8.32 Å². The molecule has 31 heavy (non-hydrogen) atoms. The Morgan fingerprint density at radius 1 is 1.06 bits per heavy atom. The molecule has 2 aromatic rings. The summed E-state index contributed by atoms with van der Waals surface area (Å²) >= 11 is 0. The molecule has 5 heteroatoms. The highest BCUT2D eigenvalue weighted by atomic mass is 28.4. The highest BCUT2D eigenvalue weighted by Gasteiger charge is 2.37. The summed E-state index contributed by atoms with van der Waals surface area (Å²) in [5.74, 6) is 0. The molecule has 0 fully saturated rings. The molecule has 0 aromatic heterocycles. The predicted octanol–water partition coefficient (Wildman–Crippen LogP) is 6.58. The van der Waals surface area contributed by atoms with Gasteiger partial charge in [-0.25, -0.2) is 4.79 Å². The quantitative estimate of drug-likeness (QED) is 0.449. The Hall–Kier alpha value is -2.37. The third-order valence-electron chi connectivity index (χ3n) is 5.77. The summed E-state index contributed by atoms with van der Waals surface area (Å²) in [5.41, 5.74) is 3.30. The maximum atomic E-state index is 12.0. The van der Waals surface area contributed by atoms with Crippen molar-refractivity contribution in [2.45, 2.75) is 65.0 Å². The second-order valence-corrected chi connectivity index (χ2v) is 14.1. The molecule has 0 saturated heterocycles. The van der Waals surface area contributed by atoms with Crippen LogP contribution in [-0.2, 0) is 22.2 Å². The van der Waals surface area contributed by atoms with Gasteiger partial charge in [0.2, 0.25) is 0 Å². The fourth-order valence-corrected chi connectivity index (χ4v) is 4.28. The van der Waals surface area contributed by atoms with Crippen molar-refractivity contribution in [2.75, 3.05) is 6.54 Å². The Labute approximate surface area is 188 Å². The molecule has 2 aromatic carbocycles. The lowest BCUT2D eigenvalue weighted by atomic mass is 10.0. The molecule has 0 aliphatic carbocycles. The number of nitrogens with one attached hydrogen (secondary N) is 1. The lowest BCUT2D eigenvalue weighted by Crippen LogP contribution is -2.42. The van der Waals surface area contributed by atoms with Gasteiger partial charge in [-0.05, 0) is 48.2 Å². The fourth-order valence-electron chi connectivity index (χ4n) is 2.92. The van der Waals surface area contributed by atoms with Gasteiger partial charge >= 0.3 is 6.09 Å². The molecule has 168 valence electrons. The molecule has 1 atom stereocenters. The van der Waals surface area contributed by atoms with Crippen LogP contribution in [0.4, 0.5) is 4.79 Å². The fraction of sp³-hybridized carbons (Fsp3) is 0.423. The maximum Gasteiger partial charge on any atom is 0.407 e. The van der Waals surface area contributed by atoms with Crippen molar-refractivity contribution >= 4 is 20.5 Å². The molecular weight excluding hydrogens is 402 g/mol. The zero-order chi connectivity index (χ0) is 22.9. The molecule has 4 nitrogen and oxygen atoms in total. The molecule has 0 aliphatic heterocycles. The van der Waals surface area contributed by atoms with Crippen LogP contribution in [0.15, 0.2) is 60.7 Å². The first-order valence-corrected chi connectivity index (χ1v) is 13.9. The summed E-state index contributed by atoms with van der Waals surface area (Å²) in [7, 11) is -1.80. The van der Waals surface area contributed by atoms with Gasteiger partial charge in [-0.1, -0.05) is 87.5 Å². The van der Waals surface area contributed by atoms with Crippen LogP contribution >= 0.6 is 0 Å². The monoisotopic (exact) mass is 439 g/mol. The number of hydrogen-bond donors (Lipinski definition) is 1. The van der Waals surface area contributed by atoms with E-state index in [2.05, 4.69) is 70.4 Å². The minimum Gasteiger partial charge on any atom is -0.445 e. The number of carbonyl (C=O) groups is 1. The van der Waals surface area contributed by atoms with Crippen molar-refractivity contribution in [1.29, 1.82) is 0 Å². The highest BCUT2D eigenvalue weighted by Crippen LogP contribution is 2.37. The zero-order valence-electron chi connectivity index (χ0n) is 19.8. The Bertz CT molecular complexity index is 856. The molecule has 0 spiro atoms. The van der Waals surface area contributed by atoms with Gasteiger partial charge in [0.25, 0.3) is 0 Å². The molecule has 1 amide bonds. The van der Waals surface area contributed by atoms with Crippen LogP contribution < -0.4 is 5.32 Å². The second kappa shape index (κ2) is 11.3. The summed E-state index contributed by atoms with van der Waals surface area (Å²) in [4.78, 5) is 12.0. The van der Waals surface area contributed by atoms with Gasteiger partial charge in [-0.15, -0.1) is 0 Å². The van der Waals surface area contributed by atoms with E-state index in [1.807, 2.05) is 42.5 Å². The number of amides is 1. The lowest BCUT2D eigenvalue weighted by Gasteiger charge is -2.37. The van der Waals surface area contributed by atoms with Crippen LogP contribution in [0.1, 0.15) is 44.4 Å². The first-order chi connectivity index (χ1) is 14.6. The summed E-state index contributed by atoms with van der Waals surface area (Å²) < 4.78 is 11.7. The summed E-state index contributed by atoms with van der Waals surface area (Å²) in [5, 5.41) is 3.03. The third kappa shape index (κ3) is 8.35. The Morgan fingerprint density at radius 3 is 2.39 bits per heavy atom. The van der Waals surface area contributed by atoms with Crippen LogP contribution in [0.3, 0.4) is 0 Å². The number of carbonyl (C=O) groups excluding carboxylic acids is 1. The van der Waals surface area contributed by atoms with Gasteiger partial charge in [-0.2, -0.15) is 0 Å². The zero-order valence-corrected chi connectivity index (χ0v) is 20.8. The van der Waals surface area contributed by atoms with E-state index in [0.29, 0.717) is 6.54 Å². The van der Waals surface area contributed by atoms with E-state index < -0.39 is 14.4 Å². The van der Waals surface area contributed by atoms with Crippen molar-refractivity contribution in [2.24, 2.45) is 0 Å². The van der Waals surface area contributed by atoms with Gasteiger partial charge < -0.3 is 14.5 Å². The molecule has 0 heterocycles. The van der Waals surface area contributed by atoms with Crippen molar-refractivity contribution in [3.63, 3.8) is 0 Å². The van der Waals surface area contributed by atoms with E-state index in [1.165, 1.54) is 5.56 Å².